The first-order chi connectivity index (χ1) is 12.7. The summed E-state index contributed by atoms with van der Waals surface area (Å²) in [7, 11) is 1.80. The highest BCUT2D eigenvalue weighted by atomic mass is 16.2. The molecule has 1 aromatic carbocycles. The van der Waals surface area contributed by atoms with Crippen LogP contribution in [0.25, 0.3) is 0 Å². The maximum absolute atomic E-state index is 12.5. The monoisotopic (exact) mass is 346 g/mol. The molecule has 5 nitrogen and oxygen atoms in total. The predicted octanol–water partition coefficient (Wildman–Crippen LogP) is 3.40. The van der Waals surface area contributed by atoms with Crippen LogP contribution < -0.4 is 5.32 Å². The quantitative estimate of drug-likeness (QED) is 0.712. The minimum Gasteiger partial charge on any atom is -0.380 e. The van der Waals surface area contributed by atoms with Gasteiger partial charge in [0.05, 0.1) is 11.9 Å². The Morgan fingerprint density at radius 1 is 1.00 bits per heavy atom. The van der Waals surface area contributed by atoms with Crippen molar-refractivity contribution in [1.82, 2.24) is 14.9 Å². The van der Waals surface area contributed by atoms with Crippen LogP contribution in [0.5, 0.6) is 0 Å². The third-order valence-electron chi connectivity index (χ3n) is 4.15. The molecule has 3 rings (SSSR count). The van der Waals surface area contributed by atoms with Crippen molar-refractivity contribution in [1.29, 1.82) is 0 Å². The lowest BCUT2D eigenvalue weighted by Gasteiger charge is -2.17. The Balaban J connectivity index is 1.52. The summed E-state index contributed by atoms with van der Waals surface area (Å²) in [6, 6.07) is 17.7. The van der Waals surface area contributed by atoms with Gasteiger partial charge in [-0.3, -0.25) is 9.78 Å². The summed E-state index contributed by atoms with van der Waals surface area (Å²) < 4.78 is 0. The first-order valence-corrected chi connectivity index (χ1v) is 8.60. The molecule has 3 aromatic rings. The number of nitrogens with zero attached hydrogens (tertiary/aromatic N) is 3. The highest BCUT2D eigenvalue weighted by molar-refractivity contribution is 5.92. The number of likely N-dealkylation sites (N-methyl/N-ethyl adjacent to an activating group) is 1. The predicted molar refractivity (Wildman–Crippen MR) is 103 cm³/mol. The molecule has 0 aliphatic rings. The first kappa shape index (κ1) is 17.6. The van der Waals surface area contributed by atoms with Gasteiger partial charge in [-0.1, -0.05) is 30.3 Å². The number of carbonyl (C=O) groups excluding carboxylic acids is 1. The van der Waals surface area contributed by atoms with Gasteiger partial charge in [0.15, 0.2) is 0 Å². The Morgan fingerprint density at radius 2 is 1.77 bits per heavy atom. The molecule has 0 aliphatic carbocycles. The summed E-state index contributed by atoms with van der Waals surface area (Å²) in [5, 5.41) is 3.31. The van der Waals surface area contributed by atoms with Crippen molar-refractivity contribution < 1.29 is 4.79 Å². The number of carbonyl (C=O) groups is 1. The Morgan fingerprint density at radius 3 is 2.46 bits per heavy atom. The maximum Gasteiger partial charge on any atom is 0.272 e. The van der Waals surface area contributed by atoms with Gasteiger partial charge in [-0.05, 0) is 41.8 Å². The fraction of sp³-hybridized carbons (Fsp3) is 0.190. The third-order valence-corrected chi connectivity index (χ3v) is 4.15. The maximum atomic E-state index is 12.5. The number of hydrogen-bond acceptors (Lipinski definition) is 4. The summed E-state index contributed by atoms with van der Waals surface area (Å²) >= 11 is 0. The van der Waals surface area contributed by atoms with Crippen LogP contribution in [0, 0.1) is 0 Å². The molecule has 0 spiro atoms. The van der Waals surface area contributed by atoms with Crippen molar-refractivity contribution in [2.45, 2.75) is 13.0 Å². The Hall–Kier alpha value is -3.21. The van der Waals surface area contributed by atoms with E-state index in [1.54, 1.807) is 36.6 Å². The molecule has 1 N–H and O–H groups in total. The van der Waals surface area contributed by atoms with Crippen molar-refractivity contribution in [3.63, 3.8) is 0 Å². The van der Waals surface area contributed by atoms with E-state index in [4.69, 9.17) is 0 Å². The van der Waals surface area contributed by atoms with Gasteiger partial charge in [-0.15, -0.1) is 0 Å². The molecule has 0 saturated heterocycles. The lowest BCUT2D eigenvalue weighted by Crippen LogP contribution is -2.29. The number of pyridine rings is 2. The largest absolute Gasteiger partial charge is 0.380 e. The average Bonchev–Trinajstić information content (AvgIpc) is 2.72. The molecule has 0 aliphatic heterocycles. The van der Waals surface area contributed by atoms with E-state index < -0.39 is 0 Å². The normalized spacial score (nSPS) is 10.3. The van der Waals surface area contributed by atoms with Gasteiger partial charge in [0, 0.05) is 32.5 Å². The second-order valence-electron chi connectivity index (χ2n) is 6.10. The van der Waals surface area contributed by atoms with E-state index in [9.17, 15) is 4.79 Å². The van der Waals surface area contributed by atoms with Gasteiger partial charge in [0.25, 0.3) is 5.91 Å². The molecule has 26 heavy (non-hydrogen) atoms. The van der Waals surface area contributed by atoms with Gasteiger partial charge in [0.1, 0.15) is 5.69 Å². The molecule has 5 heteroatoms. The van der Waals surface area contributed by atoms with Gasteiger partial charge >= 0.3 is 0 Å². The minimum absolute atomic E-state index is 0.0753. The third kappa shape index (κ3) is 4.89. The zero-order valence-electron chi connectivity index (χ0n) is 14.8. The van der Waals surface area contributed by atoms with Crippen molar-refractivity contribution in [2.24, 2.45) is 0 Å². The Bertz CT molecular complexity index is 820. The molecular weight excluding hydrogens is 324 g/mol. The number of rotatable bonds is 7. The molecule has 0 bridgehead atoms. The molecule has 0 unspecified atom stereocenters. The van der Waals surface area contributed by atoms with Crippen LogP contribution in [-0.4, -0.2) is 34.4 Å². The molecule has 2 aromatic heterocycles. The van der Waals surface area contributed by atoms with Crippen LogP contribution in [0.4, 0.5) is 5.69 Å². The highest BCUT2D eigenvalue weighted by Crippen LogP contribution is 2.10. The summed E-state index contributed by atoms with van der Waals surface area (Å²) in [4.78, 5) is 22.5. The van der Waals surface area contributed by atoms with Crippen molar-refractivity contribution in [3.05, 3.63) is 90.0 Å². The van der Waals surface area contributed by atoms with Crippen molar-refractivity contribution in [2.75, 3.05) is 18.9 Å². The average molecular weight is 346 g/mol. The molecular formula is C21H22N4O. The summed E-state index contributed by atoms with van der Waals surface area (Å²) in [6.07, 6.45) is 6.02. The molecule has 1 amide bonds. The van der Waals surface area contributed by atoms with E-state index in [-0.39, 0.29) is 5.91 Å². The number of benzene rings is 1. The lowest BCUT2D eigenvalue weighted by molar-refractivity contribution is 0.0791. The van der Waals surface area contributed by atoms with Gasteiger partial charge in [0.2, 0.25) is 0 Å². The summed E-state index contributed by atoms with van der Waals surface area (Å²) in [5.74, 6) is -0.0753. The Labute approximate surface area is 153 Å². The van der Waals surface area contributed by atoms with E-state index in [0.29, 0.717) is 12.2 Å². The summed E-state index contributed by atoms with van der Waals surface area (Å²) in [6.45, 7) is 1.36. The number of nitrogens with one attached hydrogen (secondary N) is 1. The van der Waals surface area contributed by atoms with Crippen LogP contribution in [-0.2, 0) is 13.0 Å². The summed E-state index contributed by atoms with van der Waals surface area (Å²) in [5.41, 5.74) is 3.70. The van der Waals surface area contributed by atoms with Gasteiger partial charge in [-0.25, -0.2) is 4.98 Å². The zero-order valence-corrected chi connectivity index (χ0v) is 14.8. The van der Waals surface area contributed by atoms with Crippen molar-refractivity contribution >= 4 is 11.6 Å². The standard InChI is InChI=1S/C21H22N4O/c1-25(14-11-17-9-12-22-13-10-17)21(26)20-8-7-19(16-24-20)23-15-18-5-3-2-4-6-18/h2-10,12-13,16,23H,11,14-15H2,1H3. The first-order valence-electron chi connectivity index (χ1n) is 8.60. The van der Waals surface area contributed by atoms with Gasteiger partial charge in [-0.2, -0.15) is 0 Å². The van der Waals surface area contributed by atoms with Crippen LogP contribution in [0.15, 0.2) is 73.2 Å². The van der Waals surface area contributed by atoms with E-state index in [0.717, 1.165) is 24.2 Å². The van der Waals surface area contributed by atoms with E-state index in [1.807, 2.05) is 36.4 Å². The molecule has 0 fully saturated rings. The smallest absolute Gasteiger partial charge is 0.272 e. The van der Waals surface area contributed by atoms with Crippen molar-refractivity contribution in [3.8, 4) is 0 Å². The molecule has 132 valence electrons. The number of aromatic nitrogens is 2. The number of hydrogen-bond donors (Lipinski definition) is 1. The SMILES string of the molecule is CN(CCc1ccncc1)C(=O)c1ccc(NCc2ccccc2)cn1. The zero-order chi connectivity index (χ0) is 18.2. The molecule has 0 atom stereocenters. The molecule has 0 radical (unpaired) electrons. The minimum atomic E-state index is -0.0753. The van der Waals surface area contributed by atoms with Crippen LogP contribution in [0.2, 0.25) is 0 Å². The number of amides is 1. The molecule has 2 heterocycles. The Kier molecular flexibility index (Phi) is 5.93. The van der Waals surface area contributed by atoms with Gasteiger partial charge < -0.3 is 10.2 Å². The van der Waals surface area contributed by atoms with Crippen LogP contribution >= 0.6 is 0 Å². The van der Waals surface area contributed by atoms with E-state index in [2.05, 4.69) is 27.4 Å². The second kappa shape index (κ2) is 8.76. The fourth-order valence-corrected chi connectivity index (χ4v) is 2.57. The lowest BCUT2D eigenvalue weighted by atomic mass is 10.2. The van der Waals surface area contributed by atoms with Crippen LogP contribution in [0.3, 0.4) is 0 Å². The van der Waals surface area contributed by atoms with Crippen LogP contribution in [0.1, 0.15) is 21.6 Å². The second-order valence-corrected chi connectivity index (χ2v) is 6.10. The molecule has 0 saturated carbocycles. The number of anilines is 1. The van der Waals surface area contributed by atoms with E-state index >= 15 is 0 Å². The topological polar surface area (TPSA) is 58.1 Å². The highest BCUT2D eigenvalue weighted by Gasteiger charge is 2.12. The van der Waals surface area contributed by atoms with E-state index in [1.165, 1.54) is 5.56 Å². The fourth-order valence-electron chi connectivity index (χ4n) is 2.57.